The van der Waals surface area contributed by atoms with Crippen LogP contribution in [0.1, 0.15) is 105 Å². The van der Waals surface area contributed by atoms with E-state index in [0.717, 1.165) is 0 Å². The first-order chi connectivity index (χ1) is 36.3. The Morgan fingerprint density at radius 2 is 1.17 bits per heavy atom. The Morgan fingerprint density at radius 3 is 1.71 bits per heavy atom. The molecule has 3 aliphatic heterocycles. The number of hydrogen-bond donors (Lipinski definition) is 13. The van der Waals surface area contributed by atoms with Gasteiger partial charge in [0.1, 0.15) is 18.1 Å². The fourth-order valence-corrected chi connectivity index (χ4v) is 9.62. The number of nitrogens with zero attached hydrogens (tertiary/aromatic N) is 1. The van der Waals surface area contributed by atoms with Gasteiger partial charge in [0.25, 0.3) is 0 Å². The Balaban J connectivity index is 1.97. The van der Waals surface area contributed by atoms with Crippen LogP contribution in [0.25, 0.3) is 0 Å². The topological polar surface area (TPSA) is 371 Å². The average molecular weight is 1100 g/mol. The van der Waals surface area contributed by atoms with E-state index in [9.17, 15) is 85.6 Å². The van der Waals surface area contributed by atoms with E-state index in [4.69, 9.17) is 18.9 Å². The van der Waals surface area contributed by atoms with Crippen LogP contribution in [0.2, 0.25) is 0 Å². The number of fused-ring (bicyclic) bond motifs is 2. The number of ether oxygens (including phenoxy) is 4. The maximum atomic E-state index is 12.7. The van der Waals surface area contributed by atoms with E-state index >= 15 is 0 Å². The monoisotopic (exact) mass is 1100 g/mol. The van der Waals surface area contributed by atoms with E-state index in [0.29, 0.717) is 0 Å². The van der Waals surface area contributed by atoms with Crippen molar-refractivity contribution >= 4 is 23.9 Å². The lowest BCUT2D eigenvalue weighted by atomic mass is 9.82. The van der Waals surface area contributed by atoms with E-state index in [1.807, 2.05) is 6.92 Å². The molecule has 0 amide bonds. The third kappa shape index (κ3) is 23.8. The molecule has 436 valence electrons. The predicted molar refractivity (Wildman–Crippen MR) is 278 cm³/mol. The van der Waals surface area contributed by atoms with Gasteiger partial charge in [-0.15, -0.1) is 0 Å². The highest BCUT2D eigenvalue weighted by Gasteiger charge is 2.51. The summed E-state index contributed by atoms with van der Waals surface area (Å²) in [5, 5.41) is 140. The second kappa shape index (κ2) is 33.8. The molecule has 22 nitrogen and oxygen atoms in total. The van der Waals surface area contributed by atoms with Crippen LogP contribution in [0.15, 0.2) is 85.1 Å². The van der Waals surface area contributed by atoms with Gasteiger partial charge in [0.05, 0.1) is 79.6 Å². The van der Waals surface area contributed by atoms with Gasteiger partial charge in [0, 0.05) is 50.4 Å². The van der Waals surface area contributed by atoms with Crippen molar-refractivity contribution in [3.63, 3.8) is 0 Å². The van der Waals surface area contributed by atoms with Gasteiger partial charge in [-0.25, -0.2) is 0 Å². The zero-order chi connectivity index (χ0) is 57.4. The number of carbonyl (C=O) groups excluding carboxylic acids is 1. The maximum Gasteiger partial charge on any atom is 0.311 e. The molecular formula is C55H85NO21. The van der Waals surface area contributed by atoms with Gasteiger partial charge in [-0.05, 0) is 59.0 Å². The lowest BCUT2D eigenvalue weighted by Crippen LogP contribution is -2.64. The fraction of sp³-hybridized carbons (Fsp3) is 0.673. The van der Waals surface area contributed by atoms with Gasteiger partial charge in [0.15, 0.2) is 12.1 Å². The summed E-state index contributed by atoms with van der Waals surface area (Å²) in [5.74, 6) is -9.32. The molecule has 22 heteroatoms. The number of aliphatic hydroxyl groups excluding tert-OH is 9. The number of carbonyl (C=O) groups is 4. The molecule has 3 rings (SSSR count). The number of carboxylic acids is 3. The van der Waals surface area contributed by atoms with Crippen molar-refractivity contribution in [1.29, 1.82) is 0 Å². The number of cyclic esters (lactones) is 1. The number of hydrogen-bond acceptors (Lipinski definition) is 19. The molecule has 0 spiro atoms. The molecular weight excluding hydrogens is 1010 g/mol. The molecule has 0 aromatic heterocycles. The van der Waals surface area contributed by atoms with Crippen molar-refractivity contribution in [3.8, 4) is 0 Å². The first kappa shape index (κ1) is 66.8. The van der Waals surface area contributed by atoms with Crippen LogP contribution in [0.5, 0.6) is 0 Å². The molecule has 3 heterocycles. The molecule has 0 radical (unpaired) electrons. The normalized spacial score (nSPS) is 40.2. The third-order valence-electron chi connectivity index (χ3n) is 14.0. The van der Waals surface area contributed by atoms with Crippen molar-refractivity contribution in [3.05, 3.63) is 85.1 Å². The van der Waals surface area contributed by atoms with Crippen LogP contribution in [-0.2, 0) is 38.1 Å². The van der Waals surface area contributed by atoms with Crippen molar-refractivity contribution in [2.24, 2.45) is 17.8 Å². The summed E-state index contributed by atoms with van der Waals surface area (Å²) in [6.45, 7) is 6.76. The summed E-state index contributed by atoms with van der Waals surface area (Å²) in [4.78, 5) is 49.8. The minimum atomic E-state index is -2.41. The minimum Gasteiger partial charge on any atom is -0.481 e. The van der Waals surface area contributed by atoms with Crippen LogP contribution < -0.4 is 0 Å². The first-order valence-electron chi connectivity index (χ1n) is 26.4. The molecule has 1 unspecified atom stereocenters. The van der Waals surface area contributed by atoms with Gasteiger partial charge in [-0.3, -0.25) is 24.1 Å². The average Bonchev–Trinajstić information content (AvgIpc) is 3.33. The quantitative estimate of drug-likeness (QED) is 0.124. The highest BCUT2D eigenvalue weighted by molar-refractivity contribution is 5.72. The SMILES string of the molecule is C[C@@H]1[C@H](O)[C@@H](C)/C=C/C=C/C=C/C=C/C=C/C=C/C=C/[C@H](O[C@@H]2O[C@H](C)[C@@H](O)[C@H](N(CCCC(=O)O)CCCC(=O)O)[C@@H]2O)CC2O[C@](O)(C[C@@H](O)C[C@@H](O)[C@H](O)CC[C@@H](O)C[C@@H](O)CC(=O)O[C@H]1C)C[C@H](O)[C@H]2C(=O)O. The van der Waals surface area contributed by atoms with Gasteiger partial charge < -0.3 is 85.3 Å². The molecule has 0 aromatic carbocycles. The minimum absolute atomic E-state index is 0.0416. The smallest absolute Gasteiger partial charge is 0.311 e. The summed E-state index contributed by atoms with van der Waals surface area (Å²) in [6.07, 6.45) is 1.06. The maximum absolute atomic E-state index is 12.7. The van der Waals surface area contributed by atoms with Crippen molar-refractivity contribution in [2.75, 3.05) is 13.1 Å². The molecule has 2 fully saturated rings. The second-order valence-corrected chi connectivity index (χ2v) is 20.5. The predicted octanol–water partition coefficient (Wildman–Crippen LogP) is 1.78. The molecule has 0 saturated carbocycles. The molecule has 0 aromatic rings. The van der Waals surface area contributed by atoms with E-state index in [2.05, 4.69) is 0 Å². The van der Waals surface area contributed by atoms with Gasteiger partial charge >= 0.3 is 23.9 Å². The zero-order valence-corrected chi connectivity index (χ0v) is 44.4. The number of aliphatic hydroxyl groups is 10. The van der Waals surface area contributed by atoms with Crippen molar-refractivity contribution in [2.45, 2.75) is 202 Å². The molecule has 13 N–H and O–H groups in total. The molecule has 0 aliphatic carbocycles. The van der Waals surface area contributed by atoms with E-state index in [1.165, 1.54) is 19.1 Å². The van der Waals surface area contributed by atoms with E-state index < -0.39 is 165 Å². The molecule has 19 atom stereocenters. The van der Waals surface area contributed by atoms with E-state index in [1.54, 1.807) is 91.7 Å². The largest absolute Gasteiger partial charge is 0.481 e. The van der Waals surface area contributed by atoms with Gasteiger partial charge in [0.2, 0.25) is 0 Å². The van der Waals surface area contributed by atoms with Crippen LogP contribution in [0.4, 0.5) is 0 Å². The van der Waals surface area contributed by atoms with Crippen LogP contribution in [-0.4, -0.2) is 206 Å². The highest BCUT2D eigenvalue weighted by atomic mass is 16.7. The molecule has 2 bridgehead atoms. The number of allylic oxidation sites excluding steroid dienone is 12. The van der Waals surface area contributed by atoms with Gasteiger partial charge in [-0.1, -0.05) is 98.9 Å². The Hall–Kier alpha value is -4.50. The molecule has 2 saturated heterocycles. The molecule has 77 heavy (non-hydrogen) atoms. The van der Waals surface area contributed by atoms with Crippen LogP contribution in [0, 0.1) is 17.8 Å². The second-order valence-electron chi connectivity index (χ2n) is 20.5. The summed E-state index contributed by atoms with van der Waals surface area (Å²) in [5.41, 5.74) is 0. The zero-order valence-electron chi connectivity index (χ0n) is 44.4. The Bertz CT molecular complexity index is 2000. The summed E-state index contributed by atoms with van der Waals surface area (Å²) in [6, 6.07) is -1.16. The van der Waals surface area contributed by atoms with E-state index in [-0.39, 0.29) is 64.0 Å². The summed E-state index contributed by atoms with van der Waals surface area (Å²) in [7, 11) is 0. The Kier molecular flexibility index (Phi) is 29.3. The standard InChI is InChI=1S/C55H85NO21/c1-33-19-15-13-11-9-7-5-6-8-10-12-14-16-20-40(76-54-52(70)49(51(69)36(4)75-54)56(25-17-21-45(63)64)26-18-22-46(65)66)30-44-48(53(71)72)43(62)32-55(73,77-44)31-39(59)28-42(61)41(60)24-23-37(57)27-38(58)29-47(67)74-35(3)34(2)50(33)68/h5-16,19-20,33-44,48-52,54,57-62,68-70,73H,17-18,21-32H2,1-4H3,(H,63,64)(H,65,66)(H,71,72)/b6-5+,9-7+,10-8+,13-11+,14-12+,19-15+,20-16+/t33-,34-,35-,36+,37+,38+,39-,40-,41+,42+,43-,44?,48+,49-,50+,51+,52-,54-,55+/m0/s1. The lowest BCUT2D eigenvalue weighted by Gasteiger charge is -2.47. The van der Waals surface area contributed by atoms with Crippen LogP contribution >= 0.6 is 0 Å². The number of aliphatic carboxylic acids is 3. The Labute approximate surface area is 450 Å². The summed E-state index contributed by atoms with van der Waals surface area (Å²) < 4.78 is 23.8. The van der Waals surface area contributed by atoms with Crippen molar-refractivity contribution in [1.82, 2.24) is 4.90 Å². The Morgan fingerprint density at radius 1 is 0.623 bits per heavy atom. The number of carboxylic acid groups (broad SMARTS) is 3. The van der Waals surface area contributed by atoms with Crippen LogP contribution in [0.3, 0.4) is 0 Å². The van der Waals surface area contributed by atoms with Crippen molar-refractivity contribution < 1.29 is 105 Å². The third-order valence-corrected chi connectivity index (χ3v) is 14.0. The fourth-order valence-electron chi connectivity index (χ4n) is 9.62. The first-order valence-corrected chi connectivity index (χ1v) is 26.4. The highest BCUT2D eigenvalue weighted by Crippen LogP contribution is 2.38. The number of esters is 1. The van der Waals surface area contributed by atoms with Gasteiger partial charge in [-0.2, -0.15) is 0 Å². The molecule has 3 aliphatic rings. The lowest BCUT2D eigenvalue weighted by molar-refractivity contribution is -0.312. The number of rotatable bonds is 12. The summed E-state index contributed by atoms with van der Waals surface area (Å²) >= 11 is 0.